The number of thiol groups is 1. The predicted octanol–water partition coefficient (Wildman–Crippen LogP) is -0.840. The molecule has 0 aromatic heterocycles. The first-order valence-electron chi connectivity index (χ1n) is 13.7. The number of hydrogen-bond donors (Lipinski definition) is 8. The summed E-state index contributed by atoms with van der Waals surface area (Å²) in [5.41, 5.74) is 12.2. The number of phenolic OH excluding ortho intramolecular Hbond substituents is 1. The molecule has 0 aliphatic rings. The molecule has 9 N–H and O–H groups in total. The van der Waals surface area contributed by atoms with E-state index >= 15 is 0 Å². The molecular formula is C29H38N6O7S2. The standard InChI is InChI=1S/C29H38N6O7S2/c1-17(33-27(40)21(30)16-43)26(39)32-15-25(38)34-22(13-18-5-3-2-4-6-18)28(41)35-23(29(42)44-12-11-24(31)37)14-19-7-9-20(36)10-8-19/h2-10,17,21-23,36,43H,11-16,30H2,1H3,(H2,31,37)(H,32,39)(H,33,40)(H,34,38)(H,35,41)/t17-,21-,22-,23-/m0/s1. The van der Waals surface area contributed by atoms with E-state index in [0.29, 0.717) is 5.56 Å². The molecule has 0 saturated heterocycles. The number of hydrogen-bond acceptors (Lipinski definition) is 10. The summed E-state index contributed by atoms with van der Waals surface area (Å²) in [6.07, 6.45) is 0.130. The first-order valence-corrected chi connectivity index (χ1v) is 15.3. The van der Waals surface area contributed by atoms with Crippen molar-refractivity contribution in [3.05, 3.63) is 65.7 Å². The van der Waals surface area contributed by atoms with Crippen molar-refractivity contribution in [2.45, 2.75) is 50.4 Å². The fourth-order valence-corrected chi connectivity index (χ4v) is 4.79. The molecule has 2 aromatic rings. The molecule has 15 heteroatoms. The van der Waals surface area contributed by atoms with Gasteiger partial charge in [0, 0.05) is 30.8 Å². The molecule has 13 nitrogen and oxygen atoms in total. The fraction of sp³-hybridized carbons (Fsp3) is 0.379. The van der Waals surface area contributed by atoms with Gasteiger partial charge >= 0.3 is 0 Å². The SMILES string of the molecule is C[C@H](NC(=O)[C@@H](N)CS)C(=O)NCC(=O)N[C@@H](Cc1ccccc1)C(=O)N[C@@H](Cc1ccc(O)cc1)C(=O)SCCC(N)=O. The van der Waals surface area contributed by atoms with Crippen molar-refractivity contribution in [2.75, 3.05) is 18.1 Å². The van der Waals surface area contributed by atoms with Crippen molar-refractivity contribution in [3.63, 3.8) is 0 Å². The average Bonchev–Trinajstić information content (AvgIpc) is 2.99. The van der Waals surface area contributed by atoms with Gasteiger partial charge in [0.05, 0.1) is 12.6 Å². The third kappa shape index (κ3) is 13.1. The maximum atomic E-state index is 13.5. The molecule has 0 unspecified atom stereocenters. The first kappa shape index (κ1) is 36.1. The summed E-state index contributed by atoms with van der Waals surface area (Å²) in [6.45, 7) is 0.934. The Morgan fingerprint density at radius 1 is 0.841 bits per heavy atom. The third-order valence-electron chi connectivity index (χ3n) is 6.21. The van der Waals surface area contributed by atoms with E-state index < -0.39 is 65.4 Å². The van der Waals surface area contributed by atoms with Gasteiger partial charge in [-0.05, 0) is 30.2 Å². The van der Waals surface area contributed by atoms with E-state index in [9.17, 15) is 33.9 Å². The van der Waals surface area contributed by atoms with Crippen LogP contribution in [-0.4, -0.2) is 82.0 Å². The van der Waals surface area contributed by atoms with E-state index in [0.717, 1.165) is 17.3 Å². The Kier molecular flexibility index (Phi) is 15.2. The van der Waals surface area contributed by atoms with Crippen LogP contribution in [0.5, 0.6) is 5.75 Å². The summed E-state index contributed by atoms with van der Waals surface area (Å²) in [4.78, 5) is 74.9. The Bertz CT molecular complexity index is 1300. The average molecular weight is 647 g/mol. The van der Waals surface area contributed by atoms with Crippen LogP contribution in [-0.2, 0) is 41.6 Å². The molecule has 0 aliphatic carbocycles. The Morgan fingerprint density at radius 2 is 1.45 bits per heavy atom. The van der Waals surface area contributed by atoms with Crippen LogP contribution in [0.1, 0.15) is 24.5 Å². The monoisotopic (exact) mass is 646 g/mol. The largest absolute Gasteiger partial charge is 0.508 e. The lowest BCUT2D eigenvalue weighted by Crippen LogP contribution is -2.55. The maximum absolute atomic E-state index is 13.5. The molecular weight excluding hydrogens is 608 g/mol. The van der Waals surface area contributed by atoms with E-state index in [-0.39, 0.29) is 36.5 Å². The molecule has 0 bridgehead atoms. The zero-order valence-electron chi connectivity index (χ0n) is 24.2. The normalized spacial score (nSPS) is 13.4. The second-order valence-electron chi connectivity index (χ2n) is 9.86. The minimum Gasteiger partial charge on any atom is -0.508 e. The number of nitrogens with two attached hydrogens (primary N) is 2. The van der Waals surface area contributed by atoms with Gasteiger partial charge in [0.25, 0.3) is 0 Å². The lowest BCUT2D eigenvalue weighted by Gasteiger charge is -2.23. The van der Waals surface area contributed by atoms with E-state index in [4.69, 9.17) is 11.5 Å². The summed E-state index contributed by atoms with van der Waals surface area (Å²) in [7, 11) is 0. The molecule has 238 valence electrons. The summed E-state index contributed by atoms with van der Waals surface area (Å²) in [6, 6.07) is 11.0. The van der Waals surface area contributed by atoms with Gasteiger partial charge in [-0.15, -0.1) is 0 Å². The predicted molar refractivity (Wildman–Crippen MR) is 170 cm³/mol. The Hall–Kier alpha value is -4.08. The number of aromatic hydroxyl groups is 1. The number of carbonyl (C=O) groups is 6. The van der Waals surface area contributed by atoms with Gasteiger partial charge in [0.2, 0.25) is 34.7 Å². The fourth-order valence-electron chi connectivity index (χ4n) is 3.78. The van der Waals surface area contributed by atoms with E-state index in [1.165, 1.54) is 19.1 Å². The van der Waals surface area contributed by atoms with Crippen molar-refractivity contribution < 1.29 is 33.9 Å². The zero-order chi connectivity index (χ0) is 32.6. The molecule has 0 spiro atoms. The van der Waals surface area contributed by atoms with Crippen LogP contribution < -0.4 is 32.7 Å². The number of amides is 5. The first-order chi connectivity index (χ1) is 20.9. The highest BCUT2D eigenvalue weighted by Gasteiger charge is 2.28. The van der Waals surface area contributed by atoms with Gasteiger partial charge in [-0.25, -0.2) is 0 Å². The van der Waals surface area contributed by atoms with Crippen LogP contribution in [0.25, 0.3) is 0 Å². The van der Waals surface area contributed by atoms with Gasteiger partial charge in [-0.3, -0.25) is 28.8 Å². The second-order valence-corrected chi connectivity index (χ2v) is 11.3. The lowest BCUT2D eigenvalue weighted by molar-refractivity contribution is -0.132. The zero-order valence-corrected chi connectivity index (χ0v) is 25.9. The van der Waals surface area contributed by atoms with Gasteiger partial charge in [-0.1, -0.05) is 54.2 Å². The number of carbonyl (C=O) groups excluding carboxylic acids is 6. The van der Waals surface area contributed by atoms with E-state index in [1.807, 2.05) is 0 Å². The molecule has 5 amide bonds. The summed E-state index contributed by atoms with van der Waals surface area (Å²) in [5, 5.41) is 19.3. The van der Waals surface area contributed by atoms with E-state index in [1.54, 1.807) is 42.5 Å². The molecule has 0 fully saturated rings. The van der Waals surface area contributed by atoms with Gasteiger partial charge in [-0.2, -0.15) is 12.6 Å². The second kappa shape index (κ2) is 18.6. The van der Waals surface area contributed by atoms with Crippen molar-refractivity contribution >= 4 is 59.0 Å². The molecule has 0 heterocycles. The van der Waals surface area contributed by atoms with Crippen LogP contribution in [0.3, 0.4) is 0 Å². The smallest absolute Gasteiger partial charge is 0.243 e. The third-order valence-corrected chi connectivity index (χ3v) is 7.58. The molecule has 0 saturated carbocycles. The van der Waals surface area contributed by atoms with Crippen LogP contribution in [0.4, 0.5) is 0 Å². The van der Waals surface area contributed by atoms with Crippen LogP contribution in [0, 0.1) is 0 Å². The van der Waals surface area contributed by atoms with Crippen molar-refractivity contribution in [1.82, 2.24) is 21.3 Å². The number of rotatable bonds is 17. The van der Waals surface area contributed by atoms with Crippen molar-refractivity contribution in [1.29, 1.82) is 0 Å². The van der Waals surface area contributed by atoms with Gasteiger partial charge in [0.15, 0.2) is 0 Å². The topological polar surface area (TPSA) is 223 Å². The number of primary amides is 1. The number of benzene rings is 2. The quantitative estimate of drug-likeness (QED) is 0.100. The number of nitrogens with one attached hydrogen (secondary N) is 4. The van der Waals surface area contributed by atoms with Gasteiger partial charge in [0.1, 0.15) is 23.9 Å². The maximum Gasteiger partial charge on any atom is 0.243 e. The van der Waals surface area contributed by atoms with Crippen LogP contribution in [0.2, 0.25) is 0 Å². The Labute approximate surface area is 265 Å². The highest BCUT2D eigenvalue weighted by molar-refractivity contribution is 8.13. The van der Waals surface area contributed by atoms with E-state index in [2.05, 4.69) is 33.9 Å². The minimum atomic E-state index is -1.13. The molecule has 44 heavy (non-hydrogen) atoms. The van der Waals surface area contributed by atoms with Gasteiger partial charge < -0.3 is 37.8 Å². The van der Waals surface area contributed by atoms with Crippen molar-refractivity contribution in [3.8, 4) is 5.75 Å². The van der Waals surface area contributed by atoms with Crippen molar-refractivity contribution in [2.24, 2.45) is 11.5 Å². The highest BCUT2D eigenvalue weighted by Crippen LogP contribution is 2.16. The number of thioether (sulfide) groups is 1. The highest BCUT2D eigenvalue weighted by atomic mass is 32.2. The molecule has 2 aromatic carbocycles. The lowest BCUT2D eigenvalue weighted by atomic mass is 10.0. The molecule has 4 atom stereocenters. The summed E-state index contributed by atoms with van der Waals surface area (Å²) in [5.74, 6) is -2.88. The van der Waals surface area contributed by atoms with Crippen LogP contribution >= 0.6 is 24.4 Å². The van der Waals surface area contributed by atoms with Crippen LogP contribution in [0.15, 0.2) is 54.6 Å². The number of phenols is 1. The molecule has 0 aliphatic heterocycles. The molecule has 2 rings (SSSR count). The Balaban J connectivity index is 2.15. The summed E-state index contributed by atoms with van der Waals surface area (Å²) >= 11 is 4.79. The summed E-state index contributed by atoms with van der Waals surface area (Å²) < 4.78 is 0. The minimum absolute atomic E-state index is 0.0288. The molecule has 0 radical (unpaired) electrons. The Morgan fingerprint density at radius 3 is 2.07 bits per heavy atom.